The number of carboxylic acids is 1. The third-order valence-corrected chi connectivity index (χ3v) is 4.19. The Labute approximate surface area is 131 Å². The number of aliphatic carboxylic acids is 1. The van der Waals surface area contributed by atoms with Gasteiger partial charge in [-0.2, -0.15) is 0 Å². The molecule has 0 radical (unpaired) electrons. The maximum Gasteiger partial charge on any atom is 0.326 e. The second kappa shape index (κ2) is 7.24. The zero-order valence-corrected chi connectivity index (χ0v) is 12.7. The lowest BCUT2D eigenvalue weighted by atomic mass is 10.1. The summed E-state index contributed by atoms with van der Waals surface area (Å²) < 4.78 is 0.497. The fourth-order valence-corrected chi connectivity index (χ4v) is 2.82. The number of carboxylic acid groups (broad SMARTS) is 1. The minimum absolute atomic E-state index is 0.337. The fourth-order valence-electron chi connectivity index (χ4n) is 1.88. The van der Waals surface area contributed by atoms with Crippen LogP contribution in [-0.2, 0) is 11.2 Å². The molecule has 1 aromatic heterocycles. The molecule has 0 saturated heterocycles. The molecule has 110 valence electrons. The molecule has 1 atom stereocenters. The van der Waals surface area contributed by atoms with E-state index < -0.39 is 17.9 Å². The van der Waals surface area contributed by atoms with Gasteiger partial charge in [0.05, 0.1) is 9.21 Å². The largest absolute Gasteiger partial charge is 0.480 e. The topological polar surface area (TPSA) is 66.4 Å². The SMILES string of the molecule is O=C(N[C@@H](CCc1ccccc1)C(=O)O)c1ccc(Cl)s1. The molecular formula is C15H14ClNO3S. The Bertz CT molecular complexity index is 627. The first-order chi connectivity index (χ1) is 10.1. The van der Waals surface area contributed by atoms with Gasteiger partial charge in [-0.1, -0.05) is 41.9 Å². The van der Waals surface area contributed by atoms with Crippen LogP contribution in [0.5, 0.6) is 0 Å². The van der Waals surface area contributed by atoms with Gasteiger partial charge in [0, 0.05) is 0 Å². The van der Waals surface area contributed by atoms with Gasteiger partial charge in [0.25, 0.3) is 5.91 Å². The number of benzene rings is 1. The van der Waals surface area contributed by atoms with E-state index >= 15 is 0 Å². The minimum atomic E-state index is -1.04. The second-order valence-corrected chi connectivity index (χ2v) is 6.21. The highest BCUT2D eigenvalue weighted by molar-refractivity contribution is 7.18. The second-order valence-electron chi connectivity index (χ2n) is 4.49. The van der Waals surface area contributed by atoms with E-state index in [2.05, 4.69) is 5.32 Å². The highest BCUT2D eigenvalue weighted by atomic mass is 35.5. The van der Waals surface area contributed by atoms with Crippen molar-refractivity contribution < 1.29 is 14.7 Å². The maximum absolute atomic E-state index is 12.0. The van der Waals surface area contributed by atoms with Gasteiger partial charge in [-0.3, -0.25) is 4.79 Å². The van der Waals surface area contributed by atoms with Gasteiger partial charge in [-0.05, 0) is 30.5 Å². The molecule has 0 aliphatic rings. The molecule has 6 heteroatoms. The molecule has 0 aliphatic heterocycles. The summed E-state index contributed by atoms with van der Waals surface area (Å²) >= 11 is 6.89. The van der Waals surface area contributed by atoms with Crippen LogP contribution in [0.3, 0.4) is 0 Å². The van der Waals surface area contributed by atoms with Gasteiger partial charge in [0.2, 0.25) is 0 Å². The molecule has 1 aromatic carbocycles. The van der Waals surface area contributed by atoms with Crippen molar-refractivity contribution in [2.75, 3.05) is 0 Å². The molecule has 0 bridgehead atoms. The van der Waals surface area contributed by atoms with Crippen molar-refractivity contribution in [1.29, 1.82) is 0 Å². The van der Waals surface area contributed by atoms with Crippen LogP contribution in [0.2, 0.25) is 4.34 Å². The van der Waals surface area contributed by atoms with Gasteiger partial charge in [0.1, 0.15) is 6.04 Å². The van der Waals surface area contributed by atoms with E-state index in [4.69, 9.17) is 11.6 Å². The van der Waals surface area contributed by atoms with E-state index in [0.29, 0.717) is 22.1 Å². The van der Waals surface area contributed by atoms with Gasteiger partial charge >= 0.3 is 5.97 Å². The summed E-state index contributed by atoms with van der Waals surface area (Å²) in [5, 5.41) is 11.7. The highest BCUT2D eigenvalue weighted by Gasteiger charge is 2.21. The maximum atomic E-state index is 12.0. The first-order valence-corrected chi connectivity index (χ1v) is 7.58. The van der Waals surface area contributed by atoms with Crippen molar-refractivity contribution in [3.63, 3.8) is 0 Å². The number of hydrogen-bond donors (Lipinski definition) is 2. The zero-order chi connectivity index (χ0) is 15.2. The van der Waals surface area contributed by atoms with E-state index in [0.717, 1.165) is 16.9 Å². The Morgan fingerprint density at radius 1 is 1.19 bits per heavy atom. The summed E-state index contributed by atoms with van der Waals surface area (Å²) in [6, 6.07) is 11.8. The van der Waals surface area contributed by atoms with Gasteiger partial charge in [-0.15, -0.1) is 11.3 Å². The summed E-state index contributed by atoms with van der Waals surface area (Å²) in [7, 11) is 0. The Hall–Kier alpha value is -1.85. The third kappa shape index (κ3) is 4.58. The lowest BCUT2D eigenvalue weighted by Gasteiger charge is -2.13. The summed E-state index contributed by atoms with van der Waals surface area (Å²) in [6.45, 7) is 0. The summed E-state index contributed by atoms with van der Waals surface area (Å²) in [4.78, 5) is 23.6. The van der Waals surface area contributed by atoms with Crippen molar-refractivity contribution in [2.45, 2.75) is 18.9 Å². The number of carbonyl (C=O) groups excluding carboxylic acids is 1. The molecule has 4 nitrogen and oxygen atoms in total. The lowest BCUT2D eigenvalue weighted by molar-refractivity contribution is -0.139. The van der Waals surface area contributed by atoms with Crippen LogP contribution in [-0.4, -0.2) is 23.0 Å². The van der Waals surface area contributed by atoms with Crippen LogP contribution in [0.25, 0.3) is 0 Å². The van der Waals surface area contributed by atoms with E-state index in [1.54, 1.807) is 12.1 Å². The minimum Gasteiger partial charge on any atom is -0.480 e. The summed E-state index contributed by atoms with van der Waals surface area (Å²) in [5.74, 6) is -1.45. The number of thiophene rings is 1. The molecule has 21 heavy (non-hydrogen) atoms. The van der Waals surface area contributed by atoms with Crippen molar-refractivity contribution >= 4 is 34.8 Å². The van der Waals surface area contributed by atoms with E-state index in [9.17, 15) is 14.7 Å². The number of rotatable bonds is 6. The van der Waals surface area contributed by atoms with Crippen molar-refractivity contribution in [2.24, 2.45) is 0 Å². The van der Waals surface area contributed by atoms with Crippen LogP contribution in [0.1, 0.15) is 21.7 Å². The molecule has 2 N–H and O–H groups in total. The van der Waals surface area contributed by atoms with Crippen molar-refractivity contribution in [3.8, 4) is 0 Å². The molecule has 1 heterocycles. The van der Waals surface area contributed by atoms with E-state index in [1.165, 1.54) is 0 Å². The zero-order valence-electron chi connectivity index (χ0n) is 11.1. The molecular weight excluding hydrogens is 310 g/mol. The van der Waals surface area contributed by atoms with Gasteiger partial charge in [-0.25, -0.2) is 4.79 Å². The Morgan fingerprint density at radius 3 is 2.48 bits per heavy atom. The standard InChI is InChI=1S/C15H14ClNO3S/c16-13-9-8-12(21-13)14(18)17-11(15(19)20)7-6-10-4-2-1-3-5-10/h1-5,8-9,11H,6-7H2,(H,17,18)(H,19,20)/t11-/m0/s1. The van der Waals surface area contributed by atoms with Crippen LogP contribution in [0.4, 0.5) is 0 Å². The predicted octanol–water partition coefficient (Wildman–Crippen LogP) is 3.22. The summed E-state index contributed by atoms with van der Waals surface area (Å²) in [5.41, 5.74) is 1.04. The van der Waals surface area contributed by atoms with Gasteiger partial charge in [0.15, 0.2) is 0 Å². The predicted molar refractivity (Wildman–Crippen MR) is 83.0 cm³/mol. The fraction of sp³-hybridized carbons (Fsp3) is 0.200. The molecule has 0 aliphatic carbocycles. The number of amides is 1. The quantitative estimate of drug-likeness (QED) is 0.857. The molecule has 2 rings (SSSR count). The molecule has 0 fully saturated rings. The average Bonchev–Trinajstić information content (AvgIpc) is 2.90. The first kappa shape index (κ1) is 15.5. The molecule has 0 saturated carbocycles. The number of carbonyl (C=O) groups is 2. The molecule has 2 aromatic rings. The van der Waals surface area contributed by atoms with Crippen LogP contribution >= 0.6 is 22.9 Å². The van der Waals surface area contributed by atoms with Crippen LogP contribution < -0.4 is 5.32 Å². The Balaban J connectivity index is 1.96. The van der Waals surface area contributed by atoms with Gasteiger partial charge < -0.3 is 10.4 Å². The van der Waals surface area contributed by atoms with Crippen molar-refractivity contribution in [1.82, 2.24) is 5.32 Å². The number of halogens is 1. The van der Waals surface area contributed by atoms with Crippen LogP contribution in [0, 0.1) is 0 Å². The Kier molecular flexibility index (Phi) is 5.36. The van der Waals surface area contributed by atoms with Crippen LogP contribution in [0.15, 0.2) is 42.5 Å². The third-order valence-electron chi connectivity index (χ3n) is 2.96. The monoisotopic (exact) mass is 323 g/mol. The molecule has 0 spiro atoms. The first-order valence-electron chi connectivity index (χ1n) is 6.39. The molecule has 0 unspecified atom stereocenters. The molecule has 1 amide bonds. The lowest BCUT2D eigenvalue weighted by Crippen LogP contribution is -2.40. The summed E-state index contributed by atoms with van der Waals surface area (Å²) in [6.07, 6.45) is 0.924. The number of aryl methyl sites for hydroxylation is 1. The normalized spacial score (nSPS) is 11.9. The smallest absolute Gasteiger partial charge is 0.326 e. The number of nitrogens with one attached hydrogen (secondary N) is 1. The van der Waals surface area contributed by atoms with E-state index in [1.807, 2.05) is 30.3 Å². The average molecular weight is 324 g/mol. The number of hydrogen-bond acceptors (Lipinski definition) is 3. The van der Waals surface area contributed by atoms with E-state index in [-0.39, 0.29) is 0 Å². The highest BCUT2D eigenvalue weighted by Crippen LogP contribution is 2.21. The van der Waals surface area contributed by atoms with Crippen molar-refractivity contribution in [3.05, 3.63) is 57.2 Å². The Morgan fingerprint density at radius 2 is 1.90 bits per heavy atom.